The summed E-state index contributed by atoms with van der Waals surface area (Å²) in [7, 11) is 0. The topological polar surface area (TPSA) is 56.1 Å². The van der Waals surface area contributed by atoms with Crippen molar-refractivity contribution >= 4 is 22.9 Å². The molecule has 0 aliphatic rings. The van der Waals surface area contributed by atoms with Gasteiger partial charge in [0.2, 0.25) is 0 Å². The van der Waals surface area contributed by atoms with E-state index < -0.39 is 0 Å². The maximum absolute atomic E-state index is 13.8. The van der Waals surface area contributed by atoms with E-state index in [1.54, 1.807) is 35.3 Å². The molecule has 0 aliphatic heterocycles. The van der Waals surface area contributed by atoms with Gasteiger partial charge in [0, 0.05) is 17.3 Å². The second kappa shape index (κ2) is 9.14. The molecule has 5 nitrogen and oxygen atoms in total. The van der Waals surface area contributed by atoms with Crippen LogP contribution in [0.1, 0.15) is 31.9 Å². The molecular formula is C24H22FN3O2S. The third-order valence-electron chi connectivity index (χ3n) is 4.94. The van der Waals surface area contributed by atoms with Crippen molar-refractivity contribution in [1.82, 2.24) is 9.78 Å². The van der Waals surface area contributed by atoms with Crippen LogP contribution in [-0.4, -0.2) is 15.7 Å². The summed E-state index contributed by atoms with van der Waals surface area (Å²) in [6, 6.07) is 14.4. The molecule has 2 aromatic carbocycles. The SMILES string of the molecule is Cc1ccc(OCc2csc(C(=O)Nc3cnn(Cc4ccccc4F)c3)c2)cc1C. The van der Waals surface area contributed by atoms with Crippen molar-refractivity contribution in [2.24, 2.45) is 0 Å². The number of anilines is 1. The number of ether oxygens (including phenoxy) is 1. The van der Waals surface area contributed by atoms with E-state index in [1.807, 2.05) is 36.6 Å². The molecule has 7 heteroatoms. The number of hydrogen-bond donors (Lipinski definition) is 1. The summed E-state index contributed by atoms with van der Waals surface area (Å²) in [5, 5.41) is 8.95. The molecular weight excluding hydrogens is 413 g/mol. The van der Waals surface area contributed by atoms with Crippen molar-refractivity contribution in [3.8, 4) is 5.75 Å². The summed E-state index contributed by atoms with van der Waals surface area (Å²) in [4.78, 5) is 13.2. The van der Waals surface area contributed by atoms with E-state index >= 15 is 0 Å². The molecule has 0 spiro atoms. The van der Waals surface area contributed by atoms with E-state index in [0.717, 1.165) is 11.3 Å². The number of aryl methyl sites for hydroxylation is 2. The van der Waals surface area contributed by atoms with Gasteiger partial charge >= 0.3 is 0 Å². The molecule has 0 radical (unpaired) electrons. The largest absolute Gasteiger partial charge is 0.489 e. The van der Waals surface area contributed by atoms with Crippen molar-refractivity contribution in [3.05, 3.63) is 99.3 Å². The third kappa shape index (κ3) is 5.19. The highest BCUT2D eigenvalue weighted by Gasteiger charge is 2.12. The molecule has 0 saturated heterocycles. The Morgan fingerprint density at radius 3 is 2.81 bits per heavy atom. The van der Waals surface area contributed by atoms with Gasteiger partial charge in [0.15, 0.2) is 0 Å². The van der Waals surface area contributed by atoms with Crippen LogP contribution in [0.3, 0.4) is 0 Å². The van der Waals surface area contributed by atoms with E-state index in [2.05, 4.69) is 17.3 Å². The molecule has 0 bridgehead atoms. The van der Waals surface area contributed by atoms with Gasteiger partial charge in [-0.1, -0.05) is 24.3 Å². The predicted octanol–water partition coefficient (Wildman–Crippen LogP) is 5.58. The number of hydrogen-bond acceptors (Lipinski definition) is 4. The molecule has 2 heterocycles. The van der Waals surface area contributed by atoms with Crippen molar-refractivity contribution < 1.29 is 13.9 Å². The summed E-state index contributed by atoms with van der Waals surface area (Å²) in [6.07, 6.45) is 3.23. The third-order valence-corrected chi connectivity index (χ3v) is 5.92. The van der Waals surface area contributed by atoms with Crippen molar-refractivity contribution in [2.45, 2.75) is 27.0 Å². The summed E-state index contributed by atoms with van der Waals surface area (Å²) >= 11 is 1.36. The number of halogens is 1. The number of aromatic nitrogens is 2. The average molecular weight is 436 g/mol. The lowest BCUT2D eigenvalue weighted by atomic mass is 10.1. The van der Waals surface area contributed by atoms with Gasteiger partial charge in [-0.2, -0.15) is 5.10 Å². The number of rotatable bonds is 7. The predicted molar refractivity (Wildman–Crippen MR) is 120 cm³/mol. The lowest BCUT2D eigenvalue weighted by Gasteiger charge is -2.07. The highest BCUT2D eigenvalue weighted by atomic mass is 32.1. The van der Waals surface area contributed by atoms with Crippen LogP contribution in [0.5, 0.6) is 5.75 Å². The van der Waals surface area contributed by atoms with Crippen LogP contribution in [-0.2, 0) is 13.2 Å². The quantitative estimate of drug-likeness (QED) is 0.412. The van der Waals surface area contributed by atoms with Crippen molar-refractivity contribution in [1.29, 1.82) is 0 Å². The fourth-order valence-corrected chi connectivity index (χ4v) is 3.84. The van der Waals surface area contributed by atoms with Crippen molar-refractivity contribution in [2.75, 3.05) is 5.32 Å². The van der Waals surface area contributed by atoms with E-state index in [0.29, 0.717) is 29.3 Å². The van der Waals surface area contributed by atoms with Crippen LogP contribution >= 0.6 is 11.3 Å². The van der Waals surface area contributed by atoms with E-state index in [9.17, 15) is 9.18 Å². The summed E-state index contributed by atoms with van der Waals surface area (Å²) in [6.45, 7) is 4.80. The Morgan fingerprint density at radius 1 is 1.16 bits per heavy atom. The zero-order chi connectivity index (χ0) is 21.8. The number of benzene rings is 2. The summed E-state index contributed by atoms with van der Waals surface area (Å²) < 4.78 is 21.2. The van der Waals surface area contributed by atoms with E-state index in [4.69, 9.17) is 4.74 Å². The van der Waals surface area contributed by atoms with Crippen LogP contribution in [0.15, 0.2) is 66.3 Å². The molecule has 0 unspecified atom stereocenters. The van der Waals surface area contributed by atoms with Gasteiger partial charge in [-0.05, 0) is 54.6 Å². The Kier molecular flexibility index (Phi) is 6.13. The lowest BCUT2D eigenvalue weighted by molar-refractivity contribution is 0.103. The standard InChI is InChI=1S/C24H22FN3O2S/c1-16-7-8-21(9-17(16)2)30-14-18-10-23(31-15-18)24(29)27-20-11-26-28(13-20)12-19-5-3-4-6-22(19)25/h3-11,13,15H,12,14H2,1-2H3,(H,27,29). The zero-order valence-corrected chi connectivity index (χ0v) is 18.1. The molecule has 1 N–H and O–H groups in total. The van der Waals surface area contributed by atoms with Gasteiger partial charge in [-0.3, -0.25) is 9.48 Å². The highest BCUT2D eigenvalue weighted by Crippen LogP contribution is 2.21. The smallest absolute Gasteiger partial charge is 0.265 e. The number of carbonyl (C=O) groups is 1. The van der Waals surface area contributed by atoms with Crippen LogP contribution in [0.2, 0.25) is 0 Å². The number of thiophene rings is 1. The molecule has 1 amide bonds. The van der Waals surface area contributed by atoms with Crippen LogP contribution < -0.4 is 10.1 Å². The first-order valence-electron chi connectivity index (χ1n) is 9.82. The number of nitrogens with one attached hydrogen (secondary N) is 1. The van der Waals surface area contributed by atoms with Crippen LogP contribution in [0, 0.1) is 19.7 Å². The first-order chi connectivity index (χ1) is 15.0. The maximum Gasteiger partial charge on any atom is 0.265 e. The van der Waals surface area contributed by atoms with Gasteiger partial charge in [-0.25, -0.2) is 4.39 Å². The molecule has 0 aliphatic carbocycles. The van der Waals surface area contributed by atoms with Gasteiger partial charge in [0.25, 0.3) is 5.91 Å². The molecule has 0 fully saturated rings. The molecule has 2 aromatic heterocycles. The molecule has 31 heavy (non-hydrogen) atoms. The van der Waals surface area contributed by atoms with Gasteiger partial charge < -0.3 is 10.1 Å². The van der Waals surface area contributed by atoms with Gasteiger partial charge in [0.1, 0.15) is 18.2 Å². The monoisotopic (exact) mass is 435 g/mol. The molecule has 0 atom stereocenters. The first kappa shape index (κ1) is 20.8. The minimum Gasteiger partial charge on any atom is -0.489 e. The fourth-order valence-electron chi connectivity index (χ4n) is 3.05. The Labute approximate surface area is 184 Å². The lowest BCUT2D eigenvalue weighted by Crippen LogP contribution is -2.09. The Balaban J connectivity index is 1.34. The summed E-state index contributed by atoms with van der Waals surface area (Å²) in [5.41, 5.74) is 4.43. The highest BCUT2D eigenvalue weighted by molar-refractivity contribution is 7.12. The number of nitrogens with zero attached hydrogens (tertiary/aromatic N) is 2. The molecule has 4 aromatic rings. The molecule has 0 saturated carbocycles. The van der Waals surface area contributed by atoms with Crippen LogP contribution in [0.25, 0.3) is 0 Å². The Bertz CT molecular complexity index is 1220. The zero-order valence-electron chi connectivity index (χ0n) is 17.3. The Morgan fingerprint density at radius 2 is 2.00 bits per heavy atom. The second-order valence-electron chi connectivity index (χ2n) is 7.33. The fraction of sp³-hybridized carbons (Fsp3) is 0.167. The van der Waals surface area contributed by atoms with Gasteiger partial charge in [0.05, 0.1) is 23.3 Å². The van der Waals surface area contributed by atoms with E-state index in [1.165, 1.54) is 28.5 Å². The average Bonchev–Trinajstić information content (AvgIpc) is 3.40. The minimum absolute atomic E-state index is 0.215. The van der Waals surface area contributed by atoms with Crippen LogP contribution in [0.4, 0.5) is 10.1 Å². The normalized spacial score (nSPS) is 10.8. The van der Waals surface area contributed by atoms with Crippen molar-refractivity contribution in [3.63, 3.8) is 0 Å². The Hall–Kier alpha value is -3.45. The molecule has 4 rings (SSSR count). The number of carbonyl (C=O) groups excluding carboxylic acids is 1. The maximum atomic E-state index is 13.8. The van der Waals surface area contributed by atoms with E-state index in [-0.39, 0.29) is 11.7 Å². The number of amides is 1. The first-order valence-corrected chi connectivity index (χ1v) is 10.7. The van der Waals surface area contributed by atoms with Gasteiger partial charge in [-0.15, -0.1) is 11.3 Å². The molecule has 158 valence electrons. The minimum atomic E-state index is -0.280. The summed E-state index contributed by atoms with van der Waals surface area (Å²) in [5.74, 6) is 0.313. The second-order valence-corrected chi connectivity index (χ2v) is 8.24.